The summed E-state index contributed by atoms with van der Waals surface area (Å²) in [5.41, 5.74) is 3.45. The Morgan fingerprint density at radius 3 is 2.62 bits per heavy atom. The minimum Gasteiger partial charge on any atom is -0.490 e. The molecule has 1 N–H and O–H groups in total. The number of ether oxygens (including phenoxy) is 2. The number of nitriles is 1. The Kier molecular flexibility index (Phi) is 8.05. The molecule has 0 aliphatic heterocycles. The van der Waals surface area contributed by atoms with Gasteiger partial charge in [-0.25, -0.2) is 0 Å². The topological polar surface area (TPSA) is 71.3 Å². The van der Waals surface area contributed by atoms with Crippen LogP contribution in [0.2, 0.25) is 0 Å². The van der Waals surface area contributed by atoms with E-state index in [2.05, 4.69) is 27.8 Å². The van der Waals surface area contributed by atoms with Crippen LogP contribution < -0.4 is 14.8 Å². The predicted octanol–water partition coefficient (Wildman–Crippen LogP) is 5.58. The highest BCUT2D eigenvalue weighted by molar-refractivity contribution is 9.10. The normalized spacial score (nSPS) is 10.8. The van der Waals surface area contributed by atoms with Crippen molar-refractivity contribution in [2.24, 2.45) is 0 Å². The molecule has 0 radical (unpaired) electrons. The van der Waals surface area contributed by atoms with Crippen LogP contribution >= 0.6 is 15.9 Å². The summed E-state index contributed by atoms with van der Waals surface area (Å²) in [6.07, 6.45) is 3.15. The van der Waals surface area contributed by atoms with Crippen LogP contribution in [-0.2, 0) is 4.79 Å². The van der Waals surface area contributed by atoms with Crippen molar-refractivity contribution in [2.45, 2.75) is 20.8 Å². The number of amides is 1. The Morgan fingerprint density at radius 2 is 2.00 bits per heavy atom. The Labute approximate surface area is 179 Å². The van der Waals surface area contributed by atoms with E-state index in [9.17, 15) is 10.1 Å². The molecule has 0 atom stereocenters. The first-order valence-corrected chi connectivity index (χ1v) is 9.89. The Balaban J connectivity index is 2.33. The molecule has 0 spiro atoms. The molecule has 29 heavy (non-hydrogen) atoms. The molecule has 0 heterocycles. The number of nitrogens with zero attached hydrogens (tertiary/aromatic N) is 1. The summed E-state index contributed by atoms with van der Waals surface area (Å²) in [4.78, 5) is 12.6. The average Bonchev–Trinajstić information content (AvgIpc) is 2.68. The number of halogens is 1. The maximum atomic E-state index is 12.6. The fraction of sp³-hybridized carbons (Fsp3) is 0.217. The van der Waals surface area contributed by atoms with Crippen LogP contribution in [0.4, 0.5) is 5.69 Å². The molecule has 2 rings (SSSR count). The number of hydrogen-bond acceptors (Lipinski definition) is 4. The van der Waals surface area contributed by atoms with Gasteiger partial charge in [-0.15, -0.1) is 0 Å². The lowest BCUT2D eigenvalue weighted by molar-refractivity contribution is -0.112. The van der Waals surface area contributed by atoms with Gasteiger partial charge in [-0.2, -0.15) is 5.26 Å². The summed E-state index contributed by atoms with van der Waals surface area (Å²) in [6, 6.07) is 11.1. The van der Waals surface area contributed by atoms with Crippen molar-refractivity contribution in [3.05, 3.63) is 69.7 Å². The molecule has 1 amide bonds. The molecule has 0 bridgehead atoms. The molecule has 2 aromatic carbocycles. The maximum absolute atomic E-state index is 12.6. The highest BCUT2D eigenvalue weighted by Gasteiger charge is 2.14. The van der Waals surface area contributed by atoms with Crippen molar-refractivity contribution < 1.29 is 14.3 Å². The second kappa shape index (κ2) is 10.5. The fourth-order valence-electron chi connectivity index (χ4n) is 2.55. The quantitative estimate of drug-likeness (QED) is 0.321. The third-order valence-electron chi connectivity index (χ3n) is 4.12. The first-order valence-electron chi connectivity index (χ1n) is 9.10. The zero-order chi connectivity index (χ0) is 21.4. The molecule has 6 heteroatoms. The number of aryl methyl sites for hydroxylation is 2. The monoisotopic (exact) mass is 454 g/mol. The molecule has 0 aromatic heterocycles. The van der Waals surface area contributed by atoms with Gasteiger partial charge in [0.15, 0.2) is 11.5 Å². The smallest absolute Gasteiger partial charge is 0.266 e. The first kappa shape index (κ1) is 22.3. The van der Waals surface area contributed by atoms with Crippen molar-refractivity contribution in [3.63, 3.8) is 0 Å². The maximum Gasteiger partial charge on any atom is 0.266 e. The summed E-state index contributed by atoms with van der Waals surface area (Å²) < 4.78 is 12.0. The Hall–Kier alpha value is -3.04. The van der Waals surface area contributed by atoms with Gasteiger partial charge in [0.25, 0.3) is 5.91 Å². The number of benzene rings is 2. The van der Waals surface area contributed by atoms with Crippen LogP contribution in [0.3, 0.4) is 0 Å². The molecule has 0 saturated heterocycles. The predicted molar refractivity (Wildman–Crippen MR) is 119 cm³/mol. The highest BCUT2D eigenvalue weighted by Crippen LogP contribution is 2.37. The van der Waals surface area contributed by atoms with Crippen LogP contribution in [0.15, 0.2) is 53.0 Å². The van der Waals surface area contributed by atoms with Crippen LogP contribution in [0.25, 0.3) is 6.08 Å². The molecular formula is C23H23BrN2O3. The highest BCUT2D eigenvalue weighted by atomic mass is 79.9. The third-order valence-corrected chi connectivity index (χ3v) is 4.71. The number of anilines is 1. The van der Waals surface area contributed by atoms with E-state index in [-0.39, 0.29) is 5.57 Å². The van der Waals surface area contributed by atoms with E-state index in [1.165, 1.54) is 6.08 Å². The number of nitrogens with one attached hydrogen (secondary N) is 1. The molecule has 5 nitrogen and oxygen atoms in total. The van der Waals surface area contributed by atoms with Crippen LogP contribution in [0, 0.1) is 25.2 Å². The summed E-state index contributed by atoms with van der Waals surface area (Å²) in [5.74, 6) is 0.584. The van der Waals surface area contributed by atoms with Gasteiger partial charge in [-0.05, 0) is 83.7 Å². The van der Waals surface area contributed by atoms with Crippen LogP contribution in [-0.4, -0.2) is 19.1 Å². The lowest BCUT2D eigenvalue weighted by Crippen LogP contribution is -2.13. The van der Waals surface area contributed by atoms with Crippen molar-refractivity contribution in [1.29, 1.82) is 5.26 Å². The molecule has 0 fully saturated rings. The summed E-state index contributed by atoms with van der Waals surface area (Å²) >= 11 is 3.46. The first-order chi connectivity index (χ1) is 13.9. The van der Waals surface area contributed by atoms with Crippen LogP contribution in [0.5, 0.6) is 11.5 Å². The van der Waals surface area contributed by atoms with Gasteiger partial charge in [0.05, 0.1) is 11.1 Å². The molecule has 0 aliphatic carbocycles. The van der Waals surface area contributed by atoms with Crippen LogP contribution in [0.1, 0.15) is 23.6 Å². The SMILES string of the molecule is C=CCOc1c(Br)cc(/C=C(\C#N)C(=O)Nc2ccc(C)c(C)c2)cc1OCC. The van der Waals surface area contributed by atoms with E-state index in [4.69, 9.17) is 9.47 Å². The Bertz CT molecular complexity index is 990. The van der Waals surface area contributed by atoms with E-state index in [1.807, 2.05) is 45.0 Å². The second-order valence-electron chi connectivity index (χ2n) is 6.29. The summed E-state index contributed by atoms with van der Waals surface area (Å²) in [5, 5.41) is 12.3. The van der Waals surface area contributed by atoms with Gasteiger partial charge in [-0.1, -0.05) is 18.7 Å². The van der Waals surface area contributed by atoms with Gasteiger partial charge in [0.1, 0.15) is 18.2 Å². The largest absolute Gasteiger partial charge is 0.490 e. The van der Waals surface area contributed by atoms with E-state index in [0.717, 1.165) is 11.1 Å². The van der Waals surface area contributed by atoms with E-state index >= 15 is 0 Å². The van der Waals surface area contributed by atoms with Crippen molar-refractivity contribution in [2.75, 3.05) is 18.5 Å². The summed E-state index contributed by atoms with van der Waals surface area (Å²) in [6.45, 7) is 10.2. The summed E-state index contributed by atoms with van der Waals surface area (Å²) in [7, 11) is 0. The van der Waals surface area contributed by atoms with E-state index in [0.29, 0.717) is 40.4 Å². The van der Waals surface area contributed by atoms with Gasteiger partial charge < -0.3 is 14.8 Å². The fourth-order valence-corrected chi connectivity index (χ4v) is 3.12. The van der Waals surface area contributed by atoms with Gasteiger partial charge in [0.2, 0.25) is 0 Å². The molecule has 0 aliphatic rings. The zero-order valence-corrected chi connectivity index (χ0v) is 18.3. The molecule has 0 saturated carbocycles. The zero-order valence-electron chi connectivity index (χ0n) is 16.7. The molecular weight excluding hydrogens is 432 g/mol. The van der Waals surface area contributed by atoms with Gasteiger partial charge in [0, 0.05) is 5.69 Å². The lowest BCUT2D eigenvalue weighted by atomic mass is 10.1. The van der Waals surface area contributed by atoms with Crippen molar-refractivity contribution in [1.82, 2.24) is 0 Å². The number of carbonyl (C=O) groups excluding carboxylic acids is 1. The molecule has 2 aromatic rings. The minimum atomic E-state index is -0.475. The number of rotatable bonds is 8. The van der Waals surface area contributed by atoms with Crippen molar-refractivity contribution in [3.8, 4) is 17.6 Å². The van der Waals surface area contributed by atoms with E-state index < -0.39 is 5.91 Å². The van der Waals surface area contributed by atoms with Gasteiger partial charge >= 0.3 is 0 Å². The Morgan fingerprint density at radius 1 is 1.24 bits per heavy atom. The minimum absolute atomic E-state index is 0.0164. The standard InChI is InChI=1S/C23H23BrN2O3/c1-5-9-29-22-20(24)12-17(13-21(22)28-6-2)11-18(14-25)23(27)26-19-8-7-15(3)16(4)10-19/h5,7-8,10-13H,1,6,9H2,2-4H3,(H,26,27)/b18-11+. The molecule has 0 unspecified atom stereocenters. The average molecular weight is 455 g/mol. The van der Waals surface area contributed by atoms with Gasteiger partial charge in [-0.3, -0.25) is 4.79 Å². The second-order valence-corrected chi connectivity index (χ2v) is 7.14. The van der Waals surface area contributed by atoms with Crippen molar-refractivity contribution >= 4 is 33.6 Å². The number of hydrogen-bond donors (Lipinski definition) is 1. The van der Waals surface area contributed by atoms with E-state index in [1.54, 1.807) is 18.2 Å². The third kappa shape index (κ3) is 5.97. The molecule has 150 valence electrons. The number of carbonyl (C=O) groups is 1. The lowest BCUT2D eigenvalue weighted by Gasteiger charge is -2.14.